The molecule has 2 rings (SSSR count). The van der Waals surface area contributed by atoms with Gasteiger partial charge in [0.25, 0.3) is 0 Å². The van der Waals surface area contributed by atoms with Gasteiger partial charge in [-0.1, -0.05) is 30.3 Å². The second-order valence-corrected chi connectivity index (χ2v) is 4.55. The zero-order chi connectivity index (χ0) is 12.6. The lowest BCUT2D eigenvalue weighted by atomic mass is 10.1. The van der Waals surface area contributed by atoms with Crippen molar-refractivity contribution in [3.63, 3.8) is 0 Å². The summed E-state index contributed by atoms with van der Waals surface area (Å²) >= 11 is 0. The zero-order valence-electron chi connectivity index (χ0n) is 11.0. The third-order valence-electron chi connectivity index (χ3n) is 3.05. The Balaban J connectivity index is 1.80. The fourth-order valence-corrected chi connectivity index (χ4v) is 2.02. The van der Waals surface area contributed by atoms with Crippen molar-refractivity contribution in [3.8, 4) is 0 Å². The van der Waals surface area contributed by atoms with Crippen molar-refractivity contribution in [2.24, 2.45) is 0 Å². The molecule has 0 saturated carbocycles. The molecule has 3 nitrogen and oxygen atoms in total. The highest BCUT2D eigenvalue weighted by Gasteiger charge is 1.99. The molecular weight excluding hydrogens is 222 g/mol. The first kappa shape index (κ1) is 12.8. The topological polar surface area (TPSA) is 29.9 Å². The van der Waals surface area contributed by atoms with Crippen LogP contribution in [0.25, 0.3) is 0 Å². The summed E-state index contributed by atoms with van der Waals surface area (Å²) in [6, 6.07) is 10.6. The molecule has 0 spiro atoms. The first-order valence-corrected chi connectivity index (χ1v) is 6.58. The molecule has 0 bridgehead atoms. The number of rotatable bonds is 7. The van der Waals surface area contributed by atoms with Crippen molar-refractivity contribution in [3.05, 3.63) is 53.9 Å². The normalized spacial score (nSPS) is 10.7. The van der Waals surface area contributed by atoms with Crippen LogP contribution in [0.4, 0.5) is 0 Å². The molecule has 96 valence electrons. The van der Waals surface area contributed by atoms with Crippen molar-refractivity contribution in [1.82, 2.24) is 15.1 Å². The molecule has 1 N–H and O–H groups in total. The van der Waals surface area contributed by atoms with Crippen LogP contribution in [0.15, 0.2) is 42.7 Å². The van der Waals surface area contributed by atoms with E-state index in [2.05, 4.69) is 46.9 Å². The highest BCUT2D eigenvalue weighted by atomic mass is 15.3. The zero-order valence-corrected chi connectivity index (χ0v) is 11.0. The van der Waals surface area contributed by atoms with Crippen LogP contribution in [0, 0.1) is 0 Å². The van der Waals surface area contributed by atoms with E-state index in [4.69, 9.17) is 0 Å². The van der Waals surface area contributed by atoms with Gasteiger partial charge in [0.2, 0.25) is 0 Å². The summed E-state index contributed by atoms with van der Waals surface area (Å²) in [6.45, 7) is 2.02. The molecule has 0 atom stereocenters. The molecule has 0 aliphatic carbocycles. The van der Waals surface area contributed by atoms with Gasteiger partial charge in [-0.25, -0.2) is 0 Å². The van der Waals surface area contributed by atoms with E-state index in [1.807, 2.05) is 17.9 Å². The Hall–Kier alpha value is -1.61. The van der Waals surface area contributed by atoms with Crippen LogP contribution in [0.2, 0.25) is 0 Å². The lowest BCUT2D eigenvalue weighted by molar-refractivity contribution is 0.614. The maximum Gasteiger partial charge on any atom is 0.0521 e. The second-order valence-electron chi connectivity index (χ2n) is 4.55. The number of hydrogen-bond donors (Lipinski definition) is 1. The Bertz CT molecular complexity index is 448. The van der Waals surface area contributed by atoms with E-state index in [0.29, 0.717) is 0 Å². The van der Waals surface area contributed by atoms with Crippen LogP contribution in [0.3, 0.4) is 0 Å². The summed E-state index contributed by atoms with van der Waals surface area (Å²) in [5, 5.41) is 7.57. The molecule has 2 aromatic rings. The Morgan fingerprint density at radius 3 is 2.72 bits per heavy atom. The Kier molecular flexibility index (Phi) is 4.97. The molecule has 0 unspecified atom stereocenters. The number of aryl methyl sites for hydroxylation is 3. The minimum atomic E-state index is 0.954. The van der Waals surface area contributed by atoms with Gasteiger partial charge in [-0.15, -0.1) is 0 Å². The summed E-state index contributed by atoms with van der Waals surface area (Å²) < 4.78 is 2.04. The van der Waals surface area contributed by atoms with E-state index in [1.54, 1.807) is 0 Å². The lowest BCUT2D eigenvalue weighted by Gasteiger charge is -2.01. The third-order valence-corrected chi connectivity index (χ3v) is 3.05. The average molecular weight is 243 g/mol. The van der Waals surface area contributed by atoms with Gasteiger partial charge in [0.1, 0.15) is 0 Å². The van der Waals surface area contributed by atoms with Crippen molar-refractivity contribution in [2.75, 3.05) is 13.6 Å². The van der Waals surface area contributed by atoms with E-state index < -0.39 is 0 Å². The van der Waals surface area contributed by atoms with E-state index in [9.17, 15) is 0 Å². The Labute approximate surface area is 109 Å². The summed E-state index contributed by atoms with van der Waals surface area (Å²) in [7, 11) is 1.99. The quantitative estimate of drug-likeness (QED) is 0.756. The first-order valence-electron chi connectivity index (χ1n) is 6.58. The van der Waals surface area contributed by atoms with Crippen LogP contribution in [-0.2, 0) is 19.4 Å². The van der Waals surface area contributed by atoms with Crippen LogP contribution in [-0.4, -0.2) is 23.4 Å². The SMILES string of the molecule is CNCCCc1cnn(CCc2ccccc2)c1. The lowest BCUT2D eigenvalue weighted by Crippen LogP contribution is -2.08. The standard InChI is InChI=1S/C15H21N3/c1-16-10-5-8-15-12-17-18(13-15)11-9-14-6-3-2-4-7-14/h2-4,6-7,12-13,16H,5,8-11H2,1H3. The molecule has 0 saturated heterocycles. The molecule has 0 aliphatic heterocycles. The van der Waals surface area contributed by atoms with Gasteiger partial charge in [0.05, 0.1) is 6.20 Å². The van der Waals surface area contributed by atoms with Crippen LogP contribution in [0.5, 0.6) is 0 Å². The van der Waals surface area contributed by atoms with E-state index in [-0.39, 0.29) is 0 Å². The third kappa shape index (κ3) is 4.00. The second kappa shape index (κ2) is 6.97. The van der Waals surface area contributed by atoms with Gasteiger partial charge in [-0.3, -0.25) is 4.68 Å². The molecule has 0 radical (unpaired) electrons. The number of benzene rings is 1. The minimum absolute atomic E-state index is 0.954. The highest BCUT2D eigenvalue weighted by molar-refractivity contribution is 5.14. The highest BCUT2D eigenvalue weighted by Crippen LogP contribution is 2.04. The fourth-order valence-electron chi connectivity index (χ4n) is 2.02. The van der Waals surface area contributed by atoms with Crippen LogP contribution in [0.1, 0.15) is 17.5 Å². The summed E-state index contributed by atoms with van der Waals surface area (Å²) in [5.41, 5.74) is 2.70. The van der Waals surface area contributed by atoms with Crippen molar-refractivity contribution >= 4 is 0 Å². The van der Waals surface area contributed by atoms with E-state index in [0.717, 1.165) is 25.9 Å². The molecule has 1 aromatic carbocycles. The Morgan fingerprint density at radius 1 is 1.11 bits per heavy atom. The summed E-state index contributed by atoms with van der Waals surface area (Å²) in [6.07, 6.45) is 7.46. The molecule has 1 aromatic heterocycles. The number of hydrogen-bond acceptors (Lipinski definition) is 2. The largest absolute Gasteiger partial charge is 0.320 e. The molecule has 18 heavy (non-hydrogen) atoms. The van der Waals surface area contributed by atoms with Gasteiger partial charge < -0.3 is 5.32 Å². The van der Waals surface area contributed by atoms with Gasteiger partial charge >= 0.3 is 0 Å². The number of nitrogens with zero attached hydrogens (tertiary/aromatic N) is 2. The maximum absolute atomic E-state index is 4.41. The molecule has 0 fully saturated rings. The molecule has 0 aliphatic rings. The smallest absolute Gasteiger partial charge is 0.0521 e. The number of nitrogens with one attached hydrogen (secondary N) is 1. The van der Waals surface area contributed by atoms with Gasteiger partial charge in [0, 0.05) is 12.7 Å². The minimum Gasteiger partial charge on any atom is -0.320 e. The van der Waals surface area contributed by atoms with E-state index >= 15 is 0 Å². The Morgan fingerprint density at radius 2 is 1.94 bits per heavy atom. The molecule has 3 heteroatoms. The predicted molar refractivity (Wildman–Crippen MR) is 74.6 cm³/mol. The monoisotopic (exact) mass is 243 g/mol. The first-order chi connectivity index (χ1) is 8.88. The van der Waals surface area contributed by atoms with Crippen LogP contribution < -0.4 is 5.32 Å². The predicted octanol–water partition coefficient (Wildman–Crippen LogP) is 2.28. The van der Waals surface area contributed by atoms with Crippen molar-refractivity contribution < 1.29 is 0 Å². The summed E-state index contributed by atoms with van der Waals surface area (Å²) in [4.78, 5) is 0. The van der Waals surface area contributed by atoms with Crippen molar-refractivity contribution in [2.45, 2.75) is 25.8 Å². The van der Waals surface area contributed by atoms with E-state index in [1.165, 1.54) is 17.5 Å². The van der Waals surface area contributed by atoms with Crippen molar-refractivity contribution in [1.29, 1.82) is 0 Å². The van der Waals surface area contributed by atoms with Gasteiger partial charge in [0.15, 0.2) is 0 Å². The maximum atomic E-state index is 4.41. The average Bonchev–Trinajstić information content (AvgIpc) is 2.86. The van der Waals surface area contributed by atoms with Gasteiger partial charge in [-0.05, 0) is 44.0 Å². The summed E-state index contributed by atoms with van der Waals surface area (Å²) in [5.74, 6) is 0. The molecule has 1 heterocycles. The van der Waals surface area contributed by atoms with Crippen LogP contribution >= 0.6 is 0 Å². The molecule has 0 amide bonds. The van der Waals surface area contributed by atoms with Gasteiger partial charge in [-0.2, -0.15) is 5.10 Å². The fraction of sp³-hybridized carbons (Fsp3) is 0.400. The number of aromatic nitrogens is 2. The molecular formula is C15H21N3.